The van der Waals surface area contributed by atoms with E-state index >= 15 is 0 Å². The Hall–Kier alpha value is -0.560. The van der Waals surface area contributed by atoms with Crippen molar-refractivity contribution in [1.29, 1.82) is 0 Å². The van der Waals surface area contributed by atoms with Crippen LogP contribution < -0.4 is 0 Å². The van der Waals surface area contributed by atoms with Gasteiger partial charge in [0.2, 0.25) is 0 Å². The Bertz CT molecular complexity index is 348. The maximum absolute atomic E-state index is 6.38. The fourth-order valence-corrected chi connectivity index (χ4v) is 2.75. The lowest BCUT2D eigenvalue weighted by Gasteiger charge is -2.27. The van der Waals surface area contributed by atoms with Gasteiger partial charge < -0.3 is 0 Å². The molecule has 15 heavy (non-hydrogen) atoms. The van der Waals surface area contributed by atoms with Gasteiger partial charge in [-0.3, -0.25) is 4.98 Å². The topological polar surface area (TPSA) is 12.9 Å². The predicted molar refractivity (Wildman–Crippen MR) is 64.6 cm³/mol. The first-order chi connectivity index (χ1) is 7.18. The van der Waals surface area contributed by atoms with Crippen LogP contribution in [0.3, 0.4) is 0 Å². The molecule has 1 heterocycles. The molecule has 2 heteroatoms. The Kier molecular flexibility index (Phi) is 3.30. The van der Waals surface area contributed by atoms with Crippen LogP contribution in [0.1, 0.15) is 48.4 Å². The summed E-state index contributed by atoms with van der Waals surface area (Å²) in [6, 6.07) is 2.26. The first-order valence-corrected chi connectivity index (χ1v) is 6.19. The van der Waals surface area contributed by atoms with Crippen LogP contribution in [0.15, 0.2) is 12.3 Å². The minimum atomic E-state index is 0.308. The van der Waals surface area contributed by atoms with E-state index in [1.807, 2.05) is 6.20 Å². The number of hydrogen-bond donors (Lipinski definition) is 0. The van der Waals surface area contributed by atoms with Crippen LogP contribution in [0.5, 0.6) is 0 Å². The summed E-state index contributed by atoms with van der Waals surface area (Å²) in [5.74, 6) is 0.521. The first kappa shape index (κ1) is 10.9. The van der Waals surface area contributed by atoms with E-state index in [1.54, 1.807) is 0 Å². The third-order valence-electron chi connectivity index (χ3n) is 3.47. The molecule has 0 aromatic carbocycles. The number of aryl methyl sites for hydroxylation is 2. The summed E-state index contributed by atoms with van der Waals surface area (Å²) < 4.78 is 0. The SMILES string of the molecule is Cc1cc(C2CCCCC2Cl)cnc1C. The second-order valence-electron chi connectivity index (χ2n) is 4.58. The van der Waals surface area contributed by atoms with Gasteiger partial charge in [0.1, 0.15) is 0 Å². The molecule has 82 valence electrons. The quantitative estimate of drug-likeness (QED) is 0.657. The van der Waals surface area contributed by atoms with E-state index in [-0.39, 0.29) is 0 Å². The van der Waals surface area contributed by atoms with Crippen LogP contribution in [0.4, 0.5) is 0 Å². The lowest BCUT2D eigenvalue weighted by atomic mass is 9.84. The minimum Gasteiger partial charge on any atom is -0.261 e. The van der Waals surface area contributed by atoms with E-state index in [1.165, 1.54) is 30.4 Å². The number of aromatic nitrogens is 1. The Morgan fingerprint density at radius 3 is 2.67 bits per heavy atom. The zero-order chi connectivity index (χ0) is 10.8. The molecule has 0 bridgehead atoms. The summed E-state index contributed by atoms with van der Waals surface area (Å²) in [6.07, 6.45) is 6.97. The fraction of sp³-hybridized carbons (Fsp3) is 0.615. The van der Waals surface area contributed by atoms with Crippen molar-refractivity contribution in [2.24, 2.45) is 0 Å². The molecular weight excluding hydrogens is 206 g/mol. The average Bonchev–Trinajstić information content (AvgIpc) is 2.23. The molecule has 2 atom stereocenters. The highest BCUT2D eigenvalue weighted by molar-refractivity contribution is 6.21. The normalized spacial score (nSPS) is 26.6. The number of pyridine rings is 1. The largest absolute Gasteiger partial charge is 0.261 e. The number of hydrogen-bond acceptors (Lipinski definition) is 1. The molecule has 0 amide bonds. The number of alkyl halides is 1. The van der Waals surface area contributed by atoms with Crippen LogP contribution in [0.2, 0.25) is 0 Å². The lowest BCUT2D eigenvalue weighted by molar-refractivity contribution is 0.449. The molecular formula is C13H18ClN. The van der Waals surface area contributed by atoms with Crippen molar-refractivity contribution < 1.29 is 0 Å². The molecule has 1 nitrogen and oxygen atoms in total. The standard InChI is InChI=1S/C13H18ClN/c1-9-7-11(8-15-10(9)2)12-5-3-4-6-13(12)14/h7-8,12-13H,3-6H2,1-2H3. The summed E-state index contributed by atoms with van der Waals surface area (Å²) in [7, 11) is 0. The third-order valence-corrected chi connectivity index (χ3v) is 3.99. The van der Waals surface area contributed by atoms with Crippen molar-refractivity contribution in [1.82, 2.24) is 4.98 Å². The van der Waals surface area contributed by atoms with Gasteiger partial charge in [-0.25, -0.2) is 0 Å². The molecule has 2 rings (SSSR count). The van der Waals surface area contributed by atoms with Gasteiger partial charge in [0.05, 0.1) is 0 Å². The number of rotatable bonds is 1. The molecule has 1 aromatic rings. The summed E-state index contributed by atoms with van der Waals surface area (Å²) >= 11 is 6.38. The van der Waals surface area contributed by atoms with E-state index in [2.05, 4.69) is 24.9 Å². The maximum atomic E-state index is 6.38. The van der Waals surface area contributed by atoms with Gasteiger partial charge in [-0.15, -0.1) is 11.6 Å². The fourth-order valence-electron chi connectivity index (χ4n) is 2.33. The molecule has 0 spiro atoms. The lowest BCUT2D eigenvalue weighted by Crippen LogP contribution is -2.18. The van der Waals surface area contributed by atoms with Crippen molar-refractivity contribution in [3.63, 3.8) is 0 Å². The Labute approximate surface area is 96.9 Å². The minimum absolute atomic E-state index is 0.308. The van der Waals surface area contributed by atoms with Gasteiger partial charge in [-0.1, -0.05) is 18.9 Å². The highest BCUT2D eigenvalue weighted by Gasteiger charge is 2.24. The van der Waals surface area contributed by atoms with Crippen LogP contribution in [0, 0.1) is 13.8 Å². The molecule has 0 radical (unpaired) electrons. The van der Waals surface area contributed by atoms with E-state index in [4.69, 9.17) is 11.6 Å². The Morgan fingerprint density at radius 1 is 1.27 bits per heavy atom. The molecule has 0 aliphatic heterocycles. The van der Waals surface area contributed by atoms with Crippen LogP contribution in [0.25, 0.3) is 0 Å². The third kappa shape index (κ3) is 2.34. The predicted octanol–water partition coefficient (Wildman–Crippen LogP) is 3.96. The summed E-state index contributed by atoms with van der Waals surface area (Å²) in [6.45, 7) is 4.18. The van der Waals surface area contributed by atoms with Crippen LogP contribution in [-0.4, -0.2) is 10.4 Å². The second kappa shape index (κ2) is 4.52. The van der Waals surface area contributed by atoms with Gasteiger partial charge in [0.25, 0.3) is 0 Å². The highest BCUT2D eigenvalue weighted by atomic mass is 35.5. The molecule has 1 aromatic heterocycles. The monoisotopic (exact) mass is 223 g/mol. The Morgan fingerprint density at radius 2 is 2.00 bits per heavy atom. The molecule has 0 saturated heterocycles. The molecule has 0 N–H and O–H groups in total. The molecule has 1 fully saturated rings. The van der Waals surface area contributed by atoms with Crippen molar-refractivity contribution >= 4 is 11.6 Å². The molecule has 1 aliphatic carbocycles. The smallest absolute Gasteiger partial charge is 0.0405 e. The summed E-state index contributed by atoms with van der Waals surface area (Å²) in [5.41, 5.74) is 3.74. The van der Waals surface area contributed by atoms with Gasteiger partial charge in [-0.05, 0) is 37.8 Å². The molecule has 1 saturated carbocycles. The van der Waals surface area contributed by atoms with Crippen LogP contribution in [-0.2, 0) is 0 Å². The first-order valence-electron chi connectivity index (χ1n) is 5.75. The molecule has 1 aliphatic rings. The van der Waals surface area contributed by atoms with Crippen molar-refractivity contribution in [3.8, 4) is 0 Å². The number of nitrogens with zero attached hydrogens (tertiary/aromatic N) is 1. The van der Waals surface area contributed by atoms with Gasteiger partial charge in [-0.2, -0.15) is 0 Å². The van der Waals surface area contributed by atoms with Gasteiger partial charge in [0, 0.05) is 23.2 Å². The van der Waals surface area contributed by atoms with Gasteiger partial charge in [0.15, 0.2) is 0 Å². The van der Waals surface area contributed by atoms with Crippen molar-refractivity contribution in [3.05, 3.63) is 29.1 Å². The molecule has 2 unspecified atom stereocenters. The van der Waals surface area contributed by atoms with E-state index < -0.39 is 0 Å². The van der Waals surface area contributed by atoms with Crippen molar-refractivity contribution in [2.45, 2.75) is 50.8 Å². The van der Waals surface area contributed by atoms with Crippen molar-refractivity contribution in [2.75, 3.05) is 0 Å². The summed E-state index contributed by atoms with van der Waals surface area (Å²) in [5, 5.41) is 0.308. The Balaban J connectivity index is 2.24. The maximum Gasteiger partial charge on any atom is 0.0405 e. The van der Waals surface area contributed by atoms with Crippen LogP contribution >= 0.6 is 11.6 Å². The van der Waals surface area contributed by atoms with Gasteiger partial charge >= 0.3 is 0 Å². The number of halogens is 1. The van der Waals surface area contributed by atoms with E-state index in [0.717, 1.165) is 12.1 Å². The van der Waals surface area contributed by atoms with E-state index in [0.29, 0.717) is 11.3 Å². The zero-order valence-corrected chi connectivity index (χ0v) is 10.2. The zero-order valence-electron chi connectivity index (χ0n) is 9.46. The second-order valence-corrected chi connectivity index (χ2v) is 5.14. The average molecular weight is 224 g/mol. The summed E-state index contributed by atoms with van der Waals surface area (Å²) in [4.78, 5) is 4.43. The highest BCUT2D eigenvalue weighted by Crippen LogP contribution is 2.36. The van der Waals surface area contributed by atoms with E-state index in [9.17, 15) is 0 Å².